The van der Waals surface area contributed by atoms with E-state index in [1.165, 1.54) is 0 Å². The summed E-state index contributed by atoms with van der Waals surface area (Å²) in [6.07, 6.45) is 1.96. The predicted octanol–water partition coefficient (Wildman–Crippen LogP) is 5.81. The molecular weight excluding hydrogens is 439 g/mol. The van der Waals surface area contributed by atoms with Crippen LogP contribution in [0.2, 0.25) is 10.0 Å². The molecule has 0 radical (unpaired) electrons. The van der Waals surface area contributed by atoms with E-state index in [0.717, 1.165) is 29.1 Å². The number of benzene rings is 2. The van der Waals surface area contributed by atoms with E-state index in [0.29, 0.717) is 29.6 Å². The minimum absolute atomic E-state index is 0.0363. The molecule has 0 saturated carbocycles. The third kappa shape index (κ3) is 8.21. The zero-order valence-corrected chi connectivity index (χ0v) is 19.7. The van der Waals surface area contributed by atoms with Crippen LogP contribution >= 0.6 is 35.0 Å². The van der Waals surface area contributed by atoms with Gasteiger partial charge in [-0.2, -0.15) is 0 Å². The molecule has 1 N–H and O–H groups in total. The van der Waals surface area contributed by atoms with E-state index in [-0.39, 0.29) is 11.8 Å². The van der Waals surface area contributed by atoms with Gasteiger partial charge in [-0.1, -0.05) is 42.3 Å². The molecule has 2 amide bonds. The summed E-state index contributed by atoms with van der Waals surface area (Å²) < 4.78 is 0. The summed E-state index contributed by atoms with van der Waals surface area (Å²) in [4.78, 5) is 28.3. The molecule has 2 rings (SSSR count). The van der Waals surface area contributed by atoms with E-state index < -0.39 is 6.04 Å². The third-order valence-corrected chi connectivity index (χ3v) is 6.16. The molecule has 0 aromatic heterocycles. The molecule has 0 aliphatic rings. The van der Waals surface area contributed by atoms with E-state index in [2.05, 4.69) is 5.32 Å². The Morgan fingerprint density at radius 1 is 1.10 bits per heavy atom. The first-order valence-corrected chi connectivity index (χ1v) is 11.8. The number of nitrogens with one attached hydrogen (secondary N) is 1. The van der Waals surface area contributed by atoms with Crippen molar-refractivity contribution in [2.24, 2.45) is 0 Å². The summed E-state index contributed by atoms with van der Waals surface area (Å²) in [5.41, 5.74) is 0.904. The monoisotopic (exact) mass is 466 g/mol. The standard InChI is InChI=1S/C23H28Cl2N2O2S/c1-3-13-26-23(29)17(2)27(16-18-6-4-7-20(25)15-18)22(28)8-5-14-30-21-11-9-19(24)10-12-21/h4,6-7,9-12,15,17H,3,5,8,13-14,16H2,1-2H3,(H,26,29)/t17-/m1/s1. The second kappa shape index (κ2) is 12.9. The summed E-state index contributed by atoms with van der Waals surface area (Å²) in [5.74, 6) is 0.642. The summed E-state index contributed by atoms with van der Waals surface area (Å²) in [7, 11) is 0. The van der Waals surface area contributed by atoms with E-state index in [4.69, 9.17) is 23.2 Å². The van der Waals surface area contributed by atoms with Crippen molar-refractivity contribution in [2.75, 3.05) is 12.3 Å². The summed E-state index contributed by atoms with van der Waals surface area (Å²) in [6.45, 7) is 4.72. The maximum Gasteiger partial charge on any atom is 0.242 e. The highest BCUT2D eigenvalue weighted by Crippen LogP contribution is 2.22. The second-order valence-corrected chi connectivity index (χ2v) is 9.07. The number of rotatable bonds is 11. The van der Waals surface area contributed by atoms with E-state index in [9.17, 15) is 9.59 Å². The van der Waals surface area contributed by atoms with Gasteiger partial charge in [0.2, 0.25) is 11.8 Å². The third-order valence-electron chi connectivity index (χ3n) is 4.58. The number of carbonyl (C=O) groups is 2. The Labute approximate surface area is 193 Å². The largest absolute Gasteiger partial charge is 0.354 e. The van der Waals surface area contributed by atoms with Crippen LogP contribution in [0.1, 0.15) is 38.7 Å². The van der Waals surface area contributed by atoms with E-state index >= 15 is 0 Å². The lowest BCUT2D eigenvalue weighted by atomic mass is 10.1. The predicted molar refractivity (Wildman–Crippen MR) is 126 cm³/mol. The zero-order chi connectivity index (χ0) is 21.9. The quantitative estimate of drug-likeness (QED) is 0.335. The van der Waals surface area contributed by atoms with Crippen LogP contribution in [0.3, 0.4) is 0 Å². The molecular formula is C23H28Cl2N2O2S. The molecule has 7 heteroatoms. The number of hydrogen-bond acceptors (Lipinski definition) is 3. The Balaban J connectivity index is 1.97. The molecule has 0 spiro atoms. The number of thioether (sulfide) groups is 1. The van der Waals surface area contributed by atoms with Crippen LogP contribution in [0.25, 0.3) is 0 Å². The first-order chi connectivity index (χ1) is 14.4. The van der Waals surface area contributed by atoms with Gasteiger partial charge in [0.15, 0.2) is 0 Å². The van der Waals surface area contributed by atoms with Crippen LogP contribution in [0.4, 0.5) is 0 Å². The molecule has 2 aromatic rings. The first kappa shape index (κ1) is 24.6. The maximum absolute atomic E-state index is 13.0. The SMILES string of the molecule is CCCNC(=O)[C@@H](C)N(Cc1cccc(Cl)c1)C(=O)CCCSc1ccc(Cl)cc1. The lowest BCUT2D eigenvalue weighted by Crippen LogP contribution is -2.47. The smallest absolute Gasteiger partial charge is 0.242 e. The molecule has 1 atom stereocenters. The lowest BCUT2D eigenvalue weighted by Gasteiger charge is -2.29. The molecule has 0 unspecified atom stereocenters. The zero-order valence-electron chi connectivity index (χ0n) is 17.4. The Hall–Kier alpha value is -1.69. The van der Waals surface area contributed by atoms with Gasteiger partial charge in [-0.15, -0.1) is 11.8 Å². The van der Waals surface area contributed by atoms with Gasteiger partial charge in [-0.05, 0) is 67.5 Å². The Morgan fingerprint density at radius 2 is 1.83 bits per heavy atom. The van der Waals surface area contributed by atoms with Crippen LogP contribution in [-0.4, -0.2) is 35.1 Å². The highest BCUT2D eigenvalue weighted by atomic mass is 35.5. The van der Waals surface area contributed by atoms with Gasteiger partial charge in [0, 0.05) is 34.5 Å². The van der Waals surface area contributed by atoms with Gasteiger partial charge in [-0.25, -0.2) is 0 Å². The van der Waals surface area contributed by atoms with Crippen LogP contribution in [0.5, 0.6) is 0 Å². The topological polar surface area (TPSA) is 49.4 Å². The highest BCUT2D eigenvalue weighted by molar-refractivity contribution is 7.99. The molecule has 0 aliphatic carbocycles. The fraction of sp³-hybridized carbons (Fsp3) is 0.391. The highest BCUT2D eigenvalue weighted by Gasteiger charge is 2.25. The number of hydrogen-bond donors (Lipinski definition) is 1. The molecule has 2 aromatic carbocycles. The van der Waals surface area contributed by atoms with Crippen LogP contribution in [-0.2, 0) is 16.1 Å². The normalized spacial score (nSPS) is 11.7. The van der Waals surface area contributed by atoms with Gasteiger partial charge in [0.1, 0.15) is 6.04 Å². The van der Waals surface area contributed by atoms with Crippen LogP contribution in [0.15, 0.2) is 53.4 Å². The van der Waals surface area contributed by atoms with Crippen molar-refractivity contribution in [3.63, 3.8) is 0 Å². The molecule has 0 bridgehead atoms. The summed E-state index contributed by atoms with van der Waals surface area (Å²) in [6, 6.07) is 14.5. The fourth-order valence-corrected chi connectivity index (χ4v) is 4.09. The first-order valence-electron chi connectivity index (χ1n) is 10.1. The second-order valence-electron chi connectivity index (χ2n) is 7.02. The lowest BCUT2D eigenvalue weighted by molar-refractivity contribution is -0.140. The Bertz CT molecular complexity index is 830. The average molecular weight is 467 g/mol. The molecule has 0 fully saturated rings. The number of halogens is 2. The van der Waals surface area contributed by atoms with E-state index in [1.807, 2.05) is 49.4 Å². The summed E-state index contributed by atoms with van der Waals surface area (Å²) in [5, 5.41) is 4.21. The Kier molecular flexibility index (Phi) is 10.6. The van der Waals surface area contributed by atoms with Crippen molar-refractivity contribution in [1.82, 2.24) is 10.2 Å². The van der Waals surface area contributed by atoms with Crippen molar-refractivity contribution in [3.8, 4) is 0 Å². The summed E-state index contributed by atoms with van der Waals surface area (Å²) >= 11 is 13.7. The van der Waals surface area contributed by atoms with Gasteiger partial charge >= 0.3 is 0 Å². The minimum Gasteiger partial charge on any atom is -0.354 e. The molecule has 0 heterocycles. The Morgan fingerprint density at radius 3 is 2.50 bits per heavy atom. The molecule has 0 aliphatic heterocycles. The molecule has 4 nitrogen and oxygen atoms in total. The van der Waals surface area contributed by atoms with Crippen molar-refractivity contribution in [3.05, 3.63) is 64.1 Å². The van der Waals surface area contributed by atoms with Gasteiger partial charge < -0.3 is 10.2 Å². The van der Waals surface area contributed by atoms with Gasteiger partial charge in [0.25, 0.3) is 0 Å². The van der Waals surface area contributed by atoms with Crippen molar-refractivity contribution in [1.29, 1.82) is 0 Å². The van der Waals surface area contributed by atoms with Crippen molar-refractivity contribution < 1.29 is 9.59 Å². The van der Waals surface area contributed by atoms with Crippen molar-refractivity contribution >= 4 is 46.8 Å². The van der Waals surface area contributed by atoms with Crippen LogP contribution < -0.4 is 5.32 Å². The van der Waals surface area contributed by atoms with Gasteiger partial charge in [0.05, 0.1) is 0 Å². The number of nitrogens with zero attached hydrogens (tertiary/aromatic N) is 1. The van der Waals surface area contributed by atoms with Crippen LogP contribution in [0, 0.1) is 0 Å². The fourth-order valence-electron chi connectivity index (χ4n) is 2.90. The van der Waals surface area contributed by atoms with Gasteiger partial charge in [-0.3, -0.25) is 9.59 Å². The van der Waals surface area contributed by atoms with Crippen molar-refractivity contribution in [2.45, 2.75) is 50.6 Å². The van der Waals surface area contributed by atoms with E-state index in [1.54, 1.807) is 29.7 Å². The molecule has 162 valence electrons. The molecule has 0 saturated heterocycles. The average Bonchev–Trinajstić information content (AvgIpc) is 2.74. The maximum atomic E-state index is 13.0. The number of carbonyl (C=O) groups excluding carboxylic acids is 2. The number of amides is 2. The molecule has 30 heavy (non-hydrogen) atoms. The minimum atomic E-state index is -0.549.